The van der Waals surface area contributed by atoms with Crippen LogP contribution in [0.3, 0.4) is 0 Å². The number of halogens is 1. The molecule has 49 heavy (non-hydrogen) atoms. The van der Waals surface area contributed by atoms with Crippen molar-refractivity contribution in [1.82, 2.24) is 25.2 Å². The van der Waals surface area contributed by atoms with Gasteiger partial charge in [-0.3, -0.25) is 9.78 Å². The molecule has 0 aliphatic carbocycles. The van der Waals surface area contributed by atoms with E-state index in [1.807, 2.05) is 17.0 Å². The Bertz CT molecular complexity index is 1620. The maximum absolute atomic E-state index is 15.5. The molecule has 1 saturated heterocycles. The lowest BCUT2D eigenvalue weighted by Crippen LogP contribution is -2.49. The molecule has 1 aliphatic rings. The van der Waals surface area contributed by atoms with Crippen molar-refractivity contribution in [1.29, 1.82) is 5.41 Å². The van der Waals surface area contributed by atoms with Gasteiger partial charge in [-0.1, -0.05) is 31.8 Å². The van der Waals surface area contributed by atoms with Crippen LogP contribution in [-0.2, 0) is 22.7 Å². The number of nitrogens with one attached hydrogen (secondary N) is 4. The van der Waals surface area contributed by atoms with Crippen molar-refractivity contribution in [2.75, 3.05) is 29.9 Å². The minimum Gasteiger partial charge on any atom is -0.444 e. The van der Waals surface area contributed by atoms with Gasteiger partial charge in [-0.25, -0.2) is 14.2 Å². The van der Waals surface area contributed by atoms with E-state index in [9.17, 15) is 9.59 Å². The van der Waals surface area contributed by atoms with E-state index in [0.29, 0.717) is 50.3 Å². The number of hydrogen-bond donors (Lipinski definition) is 4. The second-order valence-corrected chi connectivity index (χ2v) is 19.9. The molecule has 3 aromatic rings. The predicted octanol–water partition coefficient (Wildman–Crippen LogP) is 6.26. The molecule has 12 nitrogen and oxygen atoms in total. The summed E-state index contributed by atoms with van der Waals surface area (Å²) in [4.78, 5) is 36.9. The standard InChI is InChI=1S/C35H49FN8O4Si/c1-35(2,3)48-34(46)40-27-11-9-15-43(22-27)31-28(36)12-7-13-29(31)42-33(45)32-41-30(23-44(32)24-47-16-17-49(4,5)6)26(18-37)21-39-20-25-10-8-14-38-19-25/h7-8,10,12-14,18-19,21,23,27,37,39H,9,11,15-17,20,22,24H2,1-6H3,(H,40,46)(H,42,45)/b26-21+,37-18?/t27-/m1/s1. The van der Waals surface area contributed by atoms with E-state index >= 15 is 4.39 Å². The Morgan fingerprint density at radius 3 is 2.67 bits per heavy atom. The molecule has 2 aromatic heterocycles. The third-order valence-electron chi connectivity index (χ3n) is 7.64. The smallest absolute Gasteiger partial charge is 0.407 e. The van der Waals surface area contributed by atoms with Crippen molar-refractivity contribution in [3.05, 3.63) is 78.0 Å². The Morgan fingerprint density at radius 1 is 1.18 bits per heavy atom. The molecule has 4 rings (SSSR count). The fourth-order valence-corrected chi connectivity index (χ4v) is 5.99. The van der Waals surface area contributed by atoms with Gasteiger partial charge in [0.15, 0.2) is 0 Å². The highest BCUT2D eigenvalue weighted by Crippen LogP contribution is 2.32. The first-order chi connectivity index (χ1) is 23.2. The van der Waals surface area contributed by atoms with Crippen LogP contribution < -0.4 is 20.9 Å². The van der Waals surface area contributed by atoms with Crippen LogP contribution in [0, 0.1) is 11.2 Å². The molecule has 1 fully saturated rings. The average Bonchev–Trinajstić information content (AvgIpc) is 3.45. The summed E-state index contributed by atoms with van der Waals surface area (Å²) >= 11 is 0. The molecule has 14 heteroatoms. The van der Waals surface area contributed by atoms with Crippen LogP contribution in [0.2, 0.25) is 25.7 Å². The molecule has 4 N–H and O–H groups in total. The Labute approximate surface area is 289 Å². The van der Waals surface area contributed by atoms with Crippen LogP contribution in [0.5, 0.6) is 0 Å². The summed E-state index contributed by atoms with van der Waals surface area (Å²) in [6.07, 6.45) is 8.86. The minimum atomic E-state index is -1.35. The molecular formula is C35H49FN8O4Si. The van der Waals surface area contributed by atoms with E-state index in [-0.39, 0.29) is 30.0 Å². The summed E-state index contributed by atoms with van der Waals surface area (Å²) in [7, 11) is -1.35. The fourth-order valence-electron chi connectivity index (χ4n) is 5.24. The summed E-state index contributed by atoms with van der Waals surface area (Å²) in [6, 6.07) is 9.00. The number of benzene rings is 1. The first-order valence-electron chi connectivity index (χ1n) is 16.5. The Kier molecular flexibility index (Phi) is 12.7. The van der Waals surface area contributed by atoms with Crippen LogP contribution in [0.1, 0.15) is 55.5 Å². The lowest BCUT2D eigenvalue weighted by molar-refractivity contribution is 0.0500. The van der Waals surface area contributed by atoms with Crippen molar-refractivity contribution in [3.8, 4) is 0 Å². The topological polar surface area (TPSA) is 146 Å². The van der Waals surface area contributed by atoms with Crippen molar-refractivity contribution in [3.63, 3.8) is 0 Å². The molecule has 0 bridgehead atoms. The number of amides is 2. The molecular weight excluding hydrogens is 644 g/mol. The SMILES string of the molecule is CC(C)(C)OC(=O)N[C@@H]1CCCN(c2c(F)cccc2NC(=O)c2nc(/C(C=N)=C/NCc3cccnc3)cn2COCC[Si](C)(C)C)C1. The molecule has 0 radical (unpaired) electrons. The molecule has 1 atom stereocenters. The van der Waals surface area contributed by atoms with Crippen molar-refractivity contribution in [2.45, 2.75) is 84.2 Å². The second kappa shape index (κ2) is 16.7. The fraction of sp³-hybridized carbons (Fsp3) is 0.457. The van der Waals surface area contributed by atoms with Gasteiger partial charge in [-0.05, 0) is 63.4 Å². The van der Waals surface area contributed by atoms with Gasteiger partial charge in [0.25, 0.3) is 5.91 Å². The van der Waals surface area contributed by atoms with Gasteiger partial charge < -0.3 is 40.3 Å². The number of carbonyl (C=O) groups excluding carboxylic acids is 2. The van der Waals surface area contributed by atoms with Crippen molar-refractivity contribution in [2.24, 2.45) is 0 Å². The van der Waals surface area contributed by atoms with Crippen LogP contribution >= 0.6 is 0 Å². The highest BCUT2D eigenvalue weighted by atomic mass is 28.3. The van der Waals surface area contributed by atoms with Gasteiger partial charge in [0.2, 0.25) is 5.82 Å². The third kappa shape index (κ3) is 11.5. The van der Waals surface area contributed by atoms with Gasteiger partial charge in [-0.15, -0.1) is 0 Å². The lowest BCUT2D eigenvalue weighted by atomic mass is 10.0. The number of imidazole rings is 1. The largest absolute Gasteiger partial charge is 0.444 e. The van der Waals surface area contributed by atoms with Gasteiger partial charge in [-0.2, -0.15) is 0 Å². The summed E-state index contributed by atoms with van der Waals surface area (Å²) in [6.45, 7) is 14.2. The van der Waals surface area contributed by atoms with Gasteiger partial charge >= 0.3 is 6.09 Å². The molecule has 264 valence electrons. The van der Waals surface area contributed by atoms with Crippen LogP contribution in [-0.4, -0.2) is 72.2 Å². The number of hydrogen-bond acceptors (Lipinski definition) is 9. The molecule has 3 heterocycles. The summed E-state index contributed by atoms with van der Waals surface area (Å²) < 4.78 is 28.5. The summed E-state index contributed by atoms with van der Waals surface area (Å²) in [5.74, 6) is -0.996. The number of aromatic nitrogens is 3. The van der Waals surface area contributed by atoms with Crippen LogP contribution in [0.15, 0.2) is 55.1 Å². The number of alkyl carbamates (subject to hydrolysis) is 1. The average molecular weight is 693 g/mol. The molecule has 0 spiro atoms. The highest BCUT2D eigenvalue weighted by Gasteiger charge is 2.28. The normalized spacial score (nSPS) is 15.4. The quantitative estimate of drug-likeness (QED) is 0.0881. The Morgan fingerprint density at radius 2 is 1.98 bits per heavy atom. The Balaban J connectivity index is 1.56. The van der Waals surface area contributed by atoms with Gasteiger partial charge in [0.05, 0.1) is 17.1 Å². The Hall–Kier alpha value is -4.56. The number of allylic oxidation sites excluding steroid dienone is 1. The molecule has 0 unspecified atom stereocenters. The summed E-state index contributed by atoms with van der Waals surface area (Å²) in [5.41, 5.74) is 1.70. The third-order valence-corrected chi connectivity index (χ3v) is 9.34. The zero-order valence-electron chi connectivity index (χ0n) is 29.3. The first kappa shape index (κ1) is 37.3. The maximum atomic E-state index is 15.5. The molecule has 2 amide bonds. The molecule has 0 saturated carbocycles. The van der Waals surface area contributed by atoms with E-state index in [2.05, 4.69) is 45.6 Å². The number of anilines is 2. The summed E-state index contributed by atoms with van der Waals surface area (Å²) in [5, 5.41) is 17.0. The van der Waals surface area contributed by atoms with E-state index in [0.717, 1.165) is 11.6 Å². The van der Waals surface area contributed by atoms with E-state index < -0.39 is 31.5 Å². The molecule has 1 aliphatic heterocycles. The zero-order valence-corrected chi connectivity index (χ0v) is 30.3. The monoisotopic (exact) mass is 692 g/mol. The number of para-hydroxylation sites is 1. The minimum absolute atomic E-state index is 0.0568. The number of pyridine rings is 1. The van der Waals surface area contributed by atoms with Gasteiger partial charge in [0, 0.05) is 76.9 Å². The number of rotatable bonds is 14. The second-order valence-electron chi connectivity index (χ2n) is 14.3. The number of piperidine rings is 1. The molecule has 1 aromatic carbocycles. The number of carbonyl (C=O) groups is 2. The first-order valence-corrected chi connectivity index (χ1v) is 20.3. The van der Waals surface area contributed by atoms with E-state index in [1.165, 1.54) is 18.3 Å². The maximum Gasteiger partial charge on any atom is 0.407 e. The number of ether oxygens (including phenoxy) is 2. The van der Waals surface area contributed by atoms with Crippen LogP contribution in [0.25, 0.3) is 5.57 Å². The van der Waals surface area contributed by atoms with E-state index in [1.54, 1.807) is 56.2 Å². The van der Waals surface area contributed by atoms with Crippen molar-refractivity contribution >= 4 is 43.2 Å². The number of nitrogens with zero attached hydrogens (tertiary/aromatic N) is 4. The van der Waals surface area contributed by atoms with Crippen molar-refractivity contribution < 1.29 is 23.5 Å². The van der Waals surface area contributed by atoms with Gasteiger partial charge in [0.1, 0.15) is 18.1 Å². The zero-order chi connectivity index (χ0) is 35.6. The predicted molar refractivity (Wildman–Crippen MR) is 193 cm³/mol. The van der Waals surface area contributed by atoms with E-state index in [4.69, 9.17) is 14.9 Å². The highest BCUT2D eigenvalue weighted by molar-refractivity contribution is 6.76. The lowest BCUT2D eigenvalue weighted by Gasteiger charge is -2.36. The van der Waals surface area contributed by atoms with Crippen LogP contribution in [0.4, 0.5) is 20.6 Å².